The molecule has 0 unspecified atom stereocenters. The van der Waals surface area contributed by atoms with E-state index >= 15 is 0 Å². The van der Waals surface area contributed by atoms with E-state index in [4.69, 9.17) is 5.73 Å². The molecule has 3 nitrogen and oxygen atoms in total. The van der Waals surface area contributed by atoms with E-state index < -0.39 is 0 Å². The number of nitrogen functional groups attached to an aromatic ring is 1. The van der Waals surface area contributed by atoms with Gasteiger partial charge in [0.1, 0.15) is 12.0 Å². The molecule has 0 amide bonds. The molecule has 17 heavy (non-hydrogen) atoms. The lowest BCUT2D eigenvalue weighted by Gasteiger charge is -1.93. The number of aldehydes is 1. The number of benzene rings is 1. The average Bonchev–Trinajstić information content (AvgIpc) is 2.38. The largest absolute Gasteiger partial charge is 0.399 e. The Bertz CT molecular complexity index is 592. The minimum atomic E-state index is 0.571. The molecule has 0 atom stereocenters. The lowest BCUT2D eigenvalue weighted by molar-refractivity contribution is 0.112. The molecule has 2 aromatic rings. The molecule has 3 heteroatoms. The van der Waals surface area contributed by atoms with E-state index in [0.717, 1.165) is 11.8 Å². The maximum atomic E-state index is 10.6. The van der Waals surface area contributed by atoms with Crippen LogP contribution >= 0.6 is 0 Å². The van der Waals surface area contributed by atoms with E-state index in [0.29, 0.717) is 16.9 Å². The van der Waals surface area contributed by atoms with Crippen LogP contribution in [-0.2, 0) is 0 Å². The summed E-state index contributed by atoms with van der Waals surface area (Å²) in [7, 11) is 0. The second-order valence-corrected chi connectivity index (χ2v) is 3.46. The van der Waals surface area contributed by atoms with Gasteiger partial charge in [0.05, 0.1) is 0 Å². The first kappa shape index (κ1) is 10.9. The van der Waals surface area contributed by atoms with Crippen LogP contribution in [-0.4, -0.2) is 11.3 Å². The number of aromatic nitrogens is 1. The van der Waals surface area contributed by atoms with Gasteiger partial charge < -0.3 is 5.73 Å². The number of hydrogen-bond acceptors (Lipinski definition) is 3. The molecule has 82 valence electrons. The van der Waals surface area contributed by atoms with E-state index in [9.17, 15) is 4.79 Å². The van der Waals surface area contributed by atoms with Gasteiger partial charge in [-0.3, -0.25) is 4.79 Å². The van der Waals surface area contributed by atoms with E-state index in [-0.39, 0.29) is 0 Å². The molecule has 1 aromatic carbocycles. The molecule has 0 bridgehead atoms. The Labute approximate surface area is 99.3 Å². The third kappa shape index (κ3) is 2.93. The van der Waals surface area contributed by atoms with E-state index in [1.807, 2.05) is 12.1 Å². The Hall–Kier alpha value is -2.60. The number of nitrogens with two attached hydrogens (primary N) is 1. The molecular formula is C14H10N2O. The van der Waals surface area contributed by atoms with Gasteiger partial charge in [-0.25, -0.2) is 4.98 Å². The fraction of sp³-hybridized carbons (Fsp3) is 0. The van der Waals surface area contributed by atoms with E-state index in [1.165, 1.54) is 0 Å². The fourth-order valence-electron chi connectivity index (χ4n) is 1.29. The summed E-state index contributed by atoms with van der Waals surface area (Å²) in [4.78, 5) is 14.6. The average molecular weight is 222 g/mol. The van der Waals surface area contributed by atoms with Crippen molar-refractivity contribution in [2.24, 2.45) is 0 Å². The van der Waals surface area contributed by atoms with Gasteiger partial charge >= 0.3 is 0 Å². The molecule has 0 aliphatic heterocycles. The second-order valence-electron chi connectivity index (χ2n) is 3.46. The summed E-state index contributed by atoms with van der Waals surface area (Å²) in [6.07, 6.45) is 2.34. The normalized spacial score (nSPS) is 9.18. The van der Waals surface area contributed by atoms with Crippen LogP contribution in [0.3, 0.4) is 0 Å². The third-order valence-corrected chi connectivity index (χ3v) is 2.17. The highest BCUT2D eigenvalue weighted by atomic mass is 16.1. The highest BCUT2D eigenvalue weighted by Crippen LogP contribution is 2.04. The first-order valence-electron chi connectivity index (χ1n) is 5.07. The van der Waals surface area contributed by atoms with Gasteiger partial charge in [0.15, 0.2) is 0 Å². The van der Waals surface area contributed by atoms with Gasteiger partial charge in [-0.1, -0.05) is 5.92 Å². The second kappa shape index (κ2) is 4.95. The van der Waals surface area contributed by atoms with E-state index in [2.05, 4.69) is 16.8 Å². The van der Waals surface area contributed by atoms with Crippen molar-refractivity contribution in [3.05, 3.63) is 59.4 Å². The number of anilines is 1. The first-order chi connectivity index (χ1) is 8.28. The van der Waals surface area contributed by atoms with Crippen LogP contribution in [0.15, 0.2) is 42.6 Å². The molecule has 0 saturated carbocycles. The Morgan fingerprint density at radius 3 is 2.59 bits per heavy atom. The van der Waals surface area contributed by atoms with Crippen LogP contribution in [0.2, 0.25) is 0 Å². The number of carbonyl (C=O) groups is 1. The zero-order valence-corrected chi connectivity index (χ0v) is 9.05. The molecule has 1 aromatic heterocycles. The number of rotatable bonds is 1. The molecule has 0 spiro atoms. The monoisotopic (exact) mass is 222 g/mol. The highest BCUT2D eigenvalue weighted by molar-refractivity contribution is 5.75. The molecule has 2 rings (SSSR count). The molecular weight excluding hydrogens is 212 g/mol. The minimum Gasteiger partial charge on any atom is -0.399 e. The number of pyridine rings is 1. The predicted molar refractivity (Wildman–Crippen MR) is 66.5 cm³/mol. The van der Waals surface area contributed by atoms with Crippen molar-refractivity contribution in [1.29, 1.82) is 0 Å². The smallest absolute Gasteiger partial charge is 0.150 e. The summed E-state index contributed by atoms with van der Waals surface area (Å²) in [6, 6.07) is 10.6. The molecule has 0 aliphatic rings. The van der Waals surface area contributed by atoms with Crippen molar-refractivity contribution < 1.29 is 4.79 Å². The number of carbonyl (C=O) groups excluding carboxylic acids is 1. The maximum Gasteiger partial charge on any atom is 0.150 e. The summed E-state index contributed by atoms with van der Waals surface area (Å²) in [5.41, 5.74) is 8.28. The standard InChI is InChI=1S/C14H10N2O/c15-13-4-1-11(2-5-13)3-6-14-9-12(10-17)7-8-16-14/h1-2,4-5,7-10H,15H2. The molecule has 2 N–H and O–H groups in total. The van der Waals surface area contributed by atoms with Crippen LogP contribution in [0, 0.1) is 11.8 Å². The van der Waals surface area contributed by atoms with Crippen LogP contribution in [0.4, 0.5) is 5.69 Å². The summed E-state index contributed by atoms with van der Waals surface area (Å²) >= 11 is 0. The molecule has 0 aliphatic carbocycles. The van der Waals surface area contributed by atoms with Crippen molar-refractivity contribution in [3.8, 4) is 11.8 Å². The summed E-state index contributed by atoms with van der Waals surface area (Å²) < 4.78 is 0. The summed E-state index contributed by atoms with van der Waals surface area (Å²) in [5, 5.41) is 0. The Morgan fingerprint density at radius 1 is 1.12 bits per heavy atom. The van der Waals surface area contributed by atoms with Gasteiger partial charge in [0.25, 0.3) is 0 Å². The zero-order valence-electron chi connectivity index (χ0n) is 9.05. The van der Waals surface area contributed by atoms with Gasteiger partial charge in [-0.05, 0) is 42.3 Å². The SMILES string of the molecule is Nc1ccc(C#Cc2cc(C=O)ccn2)cc1. The molecule has 0 fully saturated rings. The highest BCUT2D eigenvalue weighted by Gasteiger charge is 1.92. The van der Waals surface area contributed by atoms with Gasteiger partial charge in [-0.15, -0.1) is 0 Å². The van der Waals surface area contributed by atoms with Crippen molar-refractivity contribution in [2.45, 2.75) is 0 Å². The molecule has 1 heterocycles. The topological polar surface area (TPSA) is 56.0 Å². The van der Waals surface area contributed by atoms with Crippen LogP contribution in [0.5, 0.6) is 0 Å². The van der Waals surface area contributed by atoms with Crippen molar-refractivity contribution in [2.75, 3.05) is 5.73 Å². The van der Waals surface area contributed by atoms with Crippen molar-refractivity contribution in [1.82, 2.24) is 4.98 Å². The molecule has 0 saturated heterocycles. The minimum absolute atomic E-state index is 0.571. The quantitative estimate of drug-likeness (QED) is 0.455. The first-order valence-corrected chi connectivity index (χ1v) is 5.07. The molecule has 0 radical (unpaired) electrons. The van der Waals surface area contributed by atoms with Crippen LogP contribution in [0.25, 0.3) is 0 Å². The van der Waals surface area contributed by atoms with Gasteiger partial charge in [0, 0.05) is 23.0 Å². The zero-order chi connectivity index (χ0) is 12.1. The third-order valence-electron chi connectivity index (χ3n) is 2.17. The van der Waals surface area contributed by atoms with Gasteiger partial charge in [0.2, 0.25) is 0 Å². The Kier molecular flexibility index (Phi) is 3.18. The van der Waals surface area contributed by atoms with Crippen LogP contribution in [0.1, 0.15) is 21.6 Å². The van der Waals surface area contributed by atoms with Gasteiger partial charge in [-0.2, -0.15) is 0 Å². The summed E-state index contributed by atoms with van der Waals surface area (Å²) in [5.74, 6) is 5.85. The van der Waals surface area contributed by atoms with Crippen molar-refractivity contribution in [3.63, 3.8) is 0 Å². The summed E-state index contributed by atoms with van der Waals surface area (Å²) in [6.45, 7) is 0. The predicted octanol–water partition coefficient (Wildman–Crippen LogP) is 1.88. The lowest BCUT2D eigenvalue weighted by Crippen LogP contribution is -1.86. The Morgan fingerprint density at radius 2 is 1.88 bits per heavy atom. The number of hydrogen-bond donors (Lipinski definition) is 1. The fourth-order valence-corrected chi connectivity index (χ4v) is 1.29. The number of nitrogens with zero attached hydrogens (tertiary/aromatic N) is 1. The lowest BCUT2D eigenvalue weighted by atomic mass is 10.2. The van der Waals surface area contributed by atoms with Crippen LogP contribution < -0.4 is 5.73 Å². The van der Waals surface area contributed by atoms with E-state index in [1.54, 1.807) is 30.5 Å². The maximum absolute atomic E-state index is 10.6. The Balaban J connectivity index is 2.26. The van der Waals surface area contributed by atoms with Crippen molar-refractivity contribution >= 4 is 12.0 Å².